The summed E-state index contributed by atoms with van der Waals surface area (Å²) < 4.78 is 11.5. The van der Waals surface area contributed by atoms with E-state index in [1.807, 2.05) is 30.3 Å². The van der Waals surface area contributed by atoms with E-state index in [1.54, 1.807) is 0 Å². The molecule has 0 spiro atoms. The molecule has 0 bridgehead atoms. The molecule has 1 heterocycles. The van der Waals surface area contributed by atoms with Crippen LogP contribution in [0.25, 0.3) is 0 Å². The molecule has 1 aliphatic heterocycles. The van der Waals surface area contributed by atoms with Gasteiger partial charge < -0.3 is 15.1 Å². The van der Waals surface area contributed by atoms with E-state index in [2.05, 4.69) is 19.0 Å². The molecule has 0 amide bonds. The molecule has 0 unspecified atom stereocenters. The lowest BCUT2D eigenvalue weighted by atomic mass is 9.64. The maximum atomic E-state index is 5.88. The van der Waals surface area contributed by atoms with E-state index >= 15 is 0 Å². The van der Waals surface area contributed by atoms with Crippen LogP contribution in [0.2, 0.25) is 6.82 Å². The first kappa shape index (κ1) is 12.3. The Kier molecular flexibility index (Phi) is 3.28. The molecule has 0 atom stereocenters. The second kappa shape index (κ2) is 5.07. The summed E-state index contributed by atoms with van der Waals surface area (Å²) in [6.45, 7) is 3.42. The number of ether oxygens (including phenoxy) is 1. The summed E-state index contributed by atoms with van der Waals surface area (Å²) in [6, 6.07) is 14.0. The average Bonchev–Trinajstić information content (AvgIpc) is 2.80. The van der Waals surface area contributed by atoms with Gasteiger partial charge in [-0.05, 0) is 40.9 Å². The van der Waals surface area contributed by atoms with Gasteiger partial charge in [0.25, 0.3) is 0 Å². The topological polar surface area (TPSA) is 44.5 Å². The smallest absolute Gasteiger partial charge is 0.324 e. The van der Waals surface area contributed by atoms with Gasteiger partial charge in [-0.3, -0.25) is 0 Å². The Labute approximate surface area is 113 Å². The van der Waals surface area contributed by atoms with Gasteiger partial charge in [0.05, 0.1) is 6.61 Å². The van der Waals surface area contributed by atoms with Crippen molar-refractivity contribution in [2.75, 3.05) is 0 Å². The van der Waals surface area contributed by atoms with Crippen LogP contribution < -0.4 is 15.9 Å². The summed E-state index contributed by atoms with van der Waals surface area (Å²) >= 11 is 0. The predicted molar refractivity (Wildman–Crippen MR) is 76.9 cm³/mol. The van der Waals surface area contributed by atoms with Crippen molar-refractivity contribution >= 4 is 12.4 Å². The van der Waals surface area contributed by atoms with Crippen molar-refractivity contribution in [1.29, 1.82) is 0 Å². The van der Waals surface area contributed by atoms with Crippen molar-refractivity contribution in [1.82, 2.24) is 0 Å². The molecule has 3 nitrogen and oxygen atoms in total. The zero-order valence-electron chi connectivity index (χ0n) is 10.9. The van der Waals surface area contributed by atoms with Crippen molar-refractivity contribution < 1.29 is 9.39 Å². The average molecular weight is 253 g/mol. The summed E-state index contributed by atoms with van der Waals surface area (Å²) in [5.74, 6) is 1.65. The van der Waals surface area contributed by atoms with Gasteiger partial charge in [0.2, 0.25) is 0 Å². The second-order valence-electron chi connectivity index (χ2n) is 4.77. The van der Waals surface area contributed by atoms with Crippen molar-refractivity contribution in [3.63, 3.8) is 0 Å². The molecule has 2 N–H and O–H groups in total. The summed E-state index contributed by atoms with van der Waals surface area (Å²) in [7, 11) is 0. The van der Waals surface area contributed by atoms with Crippen molar-refractivity contribution in [3.05, 3.63) is 53.6 Å². The highest BCUT2D eigenvalue weighted by Crippen LogP contribution is 2.23. The van der Waals surface area contributed by atoms with E-state index in [9.17, 15) is 0 Å². The van der Waals surface area contributed by atoms with Crippen LogP contribution in [0, 0.1) is 0 Å². The Balaban J connectivity index is 1.85. The van der Waals surface area contributed by atoms with E-state index in [-0.39, 0.29) is 6.92 Å². The SMILES string of the molecule is CB1OCc2ccc(Oc3cccc(CN)c3)cc21. The third kappa shape index (κ3) is 2.50. The van der Waals surface area contributed by atoms with Crippen LogP contribution in [-0.4, -0.2) is 6.92 Å². The number of nitrogens with two attached hydrogens (primary N) is 1. The van der Waals surface area contributed by atoms with E-state index in [4.69, 9.17) is 15.1 Å². The van der Waals surface area contributed by atoms with Gasteiger partial charge in [-0.15, -0.1) is 0 Å². The van der Waals surface area contributed by atoms with Gasteiger partial charge >= 0.3 is 6.92 Å². The van der Waals surface area contributed by atoms with Crippen LogP contribution in [0.3, 0.4) is 0 Å². The molecule has 0 saturated heterocycles. The first-order valence-electron chi connectivity index (χ1n) is 6.47. The highest BCUT2D eigenvalue weighted by molar-refractivity contribution is 6.67. The lowest BCUT2D eigenvalue weighted by Crippen LogP contribution is -2.24. The molecule has 96 valence electrons. The minimum Gasteiger partial charge on any atom is -0.457 e. The van der Waals surface area contributed by atoms with Crippen molar-refractivity contribution in [2.24, 2.45) is 5.73 Å². The minimum absolute atomic E-state index is 0.147. The fourth-order valence-corrected chi connectivity index (χ4v) is 2.32. The van der Waals surface area contributed by atoms with Crippen molar-refractivity contribution in [2.45, 2.75) is 20.0 Å². The largest absolute Gasteiger partial charge is 0.457 e. The maximum Gasteiger partial charge on any atom is 0.324 e. The third-order valence-corrected chi connectivity index (χ3v) is 3.41. The van der Waals surface area contributed by atoms with E-state index < -0.39 is 0 Å². The fourth-order valence-electron chi connectivity index (χ4n) is 2.32. The number of fused-ring (bicyclic) bond motifs is 1. The minimum atomic E-state index is 0.147. The predicted octanol–water partition coefficient (Wildman–Crippen LogP) is 2.30. The zero-order chi connectivity index (χ0) is 13.2. The Morgan fingerprint density at radius 3 is 2.89 bits per heavy atom. The molecular formula is C15H16BNO2. The van der Waals surface area contributed by atoms with Gasteiger partial charge in [0.15, 0.2) is 0 Å². The van der Waals surface area contributed by atoms with Crippen LogP contribution in [0.4, 0.5) is 0 Å². The lowest BCUT2D eigenvalue weighted by molar-refractivity contribution is 0.333. The molecule has 3 rings (SSSR count). The molecule has 0 radical (unpaired) electrons. The maximum absolute atomic E-state index is 5.88. The molecule has 19 heavy (non-hydrogen) atoms. The fraction of sp³-hybridized carbons (Fsp3) is 0.200. The molecule has 2 aromatic rings. The lowest BCUT2D eigenvalue weighted by Gasteiger charge is -2.09. The zero-order valence-corrected chi connectivity index (χ0v) is 10.9. The Morgan fingerprint density at radius 1 is 1.21 bits per heavy atom. The van der Waals surface area contributed by atoms with E-state index in [1.165, 1.54) is 11.0 Å². The highest BCUT2D eigenvalue weighted by atomic mass is 16.5. The molecule has 0 saturated carbocycles. The quantitative estimate of drug-likeness (QED) is 0.853. The number of hydrogen-bond donors (Lipinski definition) is 1. The van der Waals surface area contributed by atoms with Crippen LogP contribution >= 0.6 is 0 Å². The molecule has 2 aromatic carbocycles. The molecule has 0 aromatic heterocycles. The van der Waals surface area contributed by atoms with Crippen LogP contribution in [-0.2, 0) is 17.8 Å². The van der Waals surface area contributed by atoms with Crippen LogP contribution in [0.5, 0.6) is 11.5 Å². The molecular weight excluding hydrogens is 237 g/mol. The first-order chi connectivity index (χ1) is 9.26. The second-order valence-corrected chi connectivity index (χ2v) is 4.77. The summed E-state index contributed by atoms with van der Waals surface area (Å²) in [5.41, 5.74) is 9.16. The van der Waals surface area contributed by atoms with Gasteiger partial charge in [-0.25, -0.2) is 0 Å². The molecule has 4 heteroatoms. The van der Waals surface area contributed by atoms with Crippen LogP contribution in [0.1, 0.15) is 11.1 Å². The summed E-state index contributed by atoms with van der Waals surface area (Å²) in [6.07, 6.45) is 0. The number of rotatable bonds is 3. The monoisotopic (exact) mass is 253 g/mol. The normalized spacial score (nSPS) is 13.5. The van der Waals surface area contributed by atoms with E-state index in [0.29, 0.717) is 13.2 Å². The Hall–Kier alpha value is -1.78. The third-order valence-electron chi connectivity index (χ3n) is 3.41. The van der Waals surface area contributed by atoms with Gasteiger partial charge in [0.1, 0.15) is 11.5 Å². The first-order valence-corrected chi connectivity index (χ1v) is 6.47. The number of benzene rings is 2. The Morgan fingerprint density at radius 2 is 2.05 bits per heavy atom. The highest BCUT2D eigenvalue weighted by Gasteiger charge is 2.23. The Bertz CT molecular complexity index is 600. The number of hydrogen-bond acceptors (Lipinski definition) is 3. The molecule has 0 aliphatic carbocycles. The molecule has 1 aliphatic rings. The van der Waals surface area contributed by atoms with E-state index in [0.717, 1.165) is 17.1 Å². The standard InChI is InChI=1S/C15H16BNO2/c1-16-15-8-14(6-5-12(15)10-18-16)19-13-4-2-3-11(7-13)9-17/h2-8H,9-10,17H2,1H3. The summed E-state index contributed by atoms with van der Waals surface area (Å²) in [5, 5.41) is 0. The van der Waals surface area contributed by atoms with Crippen LogP contribution in [0.15, 0.2) is 42.5 Å². The van der Waals surface area contributed by atoms with Gasteiger partial charge in [0, 0.05) is 6.54 Å². The van der Waals surface area contributed by atoms with Crippen molar-refractivity contribution in [3.8, 4) is 11.5 Å². The van der Waals surface area contributed by atoms with Gasteiger partial charge in [-0.2, -0.15) is 0 Å². The molecule has 0 fully saturated rings. The summed E-state index contributed by atoms with van der Waals surface area (Å²) in [4.78, 5) is 0. The van der Waals surface area contributed by atoms with Gasteiger partial charge in [-0.1, -0.05) is 25.0 Å².